The van der Waals surface area contributed by atoms with Crippen molar-refractivity contribution in [3.63, 3.8) is 0 Å². The van der Waals surface area contributed by atoms with Gasteiger partial charge < -0.3 is 5.73 Å². The minimum Gasteiger partial charge on any atom is -0.318 e. The third kappa shape index (κ3) is 9.35. The molecule has 0 saturated heterocycles. The van der Waals surface area contributed by atoms with E-state index >= 15 is 0 Å². The van der Waals surface area contributed by atoms with Gasteiger partial charge in [0, 0.05) is 13.0 Å². The van der Waals surface area contributed by atoms with Gasteiger partial charge in [0.2, 0.25) is 5.91 Å². The molecule has 184 valence electrons. The van der Waals surface area contributed by atoms with Crippen molar-refractivity contribution in [3.8, 4) is 0 Å². The highest BCUT2D eigenvalue weighted by atomic mass is 16.5. The standard InChI is InChI=1S/C25H40N4O4/c1-18(2)15-16-22(30)29(28(17-19(3)4)24(32)25(5,6)26)21(23(31)27-33)14-10-13-20-11-8-7-9-12-20/h7-13,18-19,21,33H,14-17,26H2,1-6H3,(H,27,31)/t21-/m0/s1. The number of hydroxylamine groups is 1. The van der Waals surface area contributed by atoms with Crippen molar-refractivity contribution in [2.24, 2.45) is 17.6 Å². The number of hydrogen-bond donors (Lipinski definition) is 3. The summed E-state index contributed by atoms with van der Waals surface area (Å²) in [5.41, 5.74) is 7.44. The first-order valence-electron chi connectivity index (χ1n) is 11.5. The summed E-state index contributed by atoms with van der Waals surface area (Å²) in [5.74, 6) is -1.35. The van der Waals surface area contributed by atoms with E-state index < -0.39 is 23.4 Å². The van der Waals surface area contributed by atoms with Crippen LogP contribution in [0, 0.1) is 11.8 Å². The van der Waals surface area contributed by atoms with Crippen LogP contribution in [0.3, 0.4) is 0 Å². The number of nitrogens with one attached hydrogen (secondary N) is 1. The van der Waals surface area contributed by atoms with Crippen molar-refractivity contribution >= 4 is 23.8 Å². The Morgan fingerprint density at radius 3 is 2.18 bits per heavy atom. The Balaban J connectivity index is 3.43. The average molecular weight is 461 g/mol. The van der Waals surface area contributed by atoms with E-state index in [1.54, 1.807) is 25.4 Å². The smallest absolute Gasteiger partial charge is 0.268 e. The quantitative estimate of drug-likeness (QED) is 0.346. The zero-order valence-corrected chi connectivity index (χ0v) is 20.7. The molecule has 0 aromatic heterocycles. The summed E-state index contributed by atoms with van der Waals surface area (Å²) in [6.45, 7) is 11.2. The molecule has 0 radical (unpaired) electrons. The molecule has 1 aromatic carbocycles. The molecule has 0 aliphatic rings. The zero-order valence-electron chi connectivity index (χ0n) is 20.7. The first kappa shape index (κ1) is 28.3. The van der Waals surface area contributed by atoms with Crippen LogP contribution in [-0.4, -0.2) is 51.1 Å². The number of hydrogen-bond acceptors (Lipinski definition) is 5. The van der Waals surface area contributed by atoms with Crippen LogP contribution in [0.15, 0.2) is 36.4 Å². The molecule has 0 aliphatic heterocycles. The number of rotatable bonds is 11. The Kier molecular flexibility index (Phi) is 11.2. The number of amides is 3. The van der Waals surface area contributed by atoms with Crippen LogP contribution in [0.1, 0.15) is 66.4 Å². The first-order valence-corrected chi connectivity index (χ1v) is 11.5. The molecule has 8 nitrogen and oxygen atoms in total. The summed E-state index contributed by atoms with van der Waals surface area (Å²) in [6.07, 6.45) is 4.43. The highest BCUT2D eigenvalue weighted by Crippen LogP contribution is 2.20. The molecule has 8 heteroatoms. The van der Waals surface area contributed by atoms with Gasteiger partial charge in [-0.2, -0.15) is 0 Å². The Hall–Kier alpha value is -2.71. The molecule has 1 aromatic rings. The summed E-state index contributed by atoms with van der Waals surface area (Å²) in [6, 6.07) is 8.39. The van der Waals surface area contributed by atoms with Gasteiger partial charge in [-0.05, 0) is 44.1 Å². The van der Waals surface area contributed by atoms with Gasteiger partial charge in [-0.15, -0.1) is 0 Å². The molecular formula is C25H40N4O4. The lowest BCUT2D eigenvalue weighted by atomic mass is 10.0. The first-order chi connectivity index (χ1) is 15.4. The fourth-order valence-electron chi connectivity index (χ4n) is 3.24. The Morgan fingerprint density at radius 2 is 1.70 bits per heavy atom. The van der Waals surface area contributed by atoms with Crippen LogP contribution < -0.4 is 11.2 Å². The van der Waals surface area contributed by atoms with Crippen LogP contribution in [0.5, 0.6) is 0 Å². The molecule has 0 unspecified atom stereocenters. The second-order valence-corrected chi connectivity index (χ2v) is 9.71. The molecule has 0 fully saturated rings. The fraction of sp³-hybridized carbons (Fsp3) is 0.560. The monoisotopic (exact) mass is 460 g/mol. The lowest BCUT2D eigenvalue weighted by molar-refractivity contribution is -0.177. The minimum absolute atomic E-state index is 0.00870. The Bertz CT molecular complexity index is 800. The number of benzene rings is 1. The van der Waals surface area contributed by atoms with E-state index in [9.17, 15) is 19.6 Å². The van der Waals surface area contributed by atoms with Gasteiger partial charge >= 0.3 is 0 Å². The lowest BCUT2D eigenvalue weighted by Gasteiger charge is -2.42. The lowest BCUT2D eigenvalue weighted by Crippen LogP contribution is -2.64. The largest absolute Gasteiger partial charge is 0.318 e. The maximum absolute atomic E-state index is 13.4. The van der Waals surface area contributed by atoms with E-state index in [1.165, 1.54) is 10.0 Å². The van der Waals surface area contributed by atoms with E-state index in [4.69, 9.17) is 5.73 Å². The highest BCUT2D eigenvalue weighted by Gasteiger charge is 2.39. The second-order valence-electron chi connectivity index (χ2n) is 9.71. The van der Waals surface area contributed by atoms with Gasteiger partial charge in [0.25, 0.3) is 11.8 Å². The van der Waals surface area contributed by atoms with Gasteiger partial charge in [-0.1, -0.05) is 70.2 Å². The van der Waals surface area contributed by atoms with Gasteiger partial charge in [-0.25, -0.2) is 15.5 Å². The topological polar surface area (TPSA) is 116 Å². The minimum atomic E-state index is -1.26. The molecule has 0 spiro atoms. The predicted octanol–water partition coefficient (Wildman–Crippen LogP) is 3.37. The molecular weight excluding hydrogens is 420 g/mol. The zero-order chi connectivity index (χ0) is 25.2. The maximum atomic E-state index is 13.4. The predicted molar refractivity (Wildman–Crippen MR) is 130 cm³/mol. The third-order valence-electron chi connectivity index (χ3n) is 4.95. The summed E-state index contributed by atoms with van der Waals surface area (Å²) in [7, 11) is 0. The Labute approximate surface area is 197 Å². The molecule has 0 heterocycles. The summed E-state index contributed by atoms with van der Waals surface area (Å²) < 4.78 is 0. The summed E-state index contributed by atoms with van der Waals surface area (Å²) in [5, 5.41) is 11.9. The van der Waals surface area contributed by atoms with E-state index in [0.29, 0.717) is 6.42 Å². The van der Waals surface area contributed by atoms with Crippen LogP contribution >= 0.6 is 0 Å². The van der Waals surface area contributed by atoms with Crippen molar-refractivity contribution in [2.75, 3.05) is 6.54 Å². The van der Waals surface area contributed by atoms with E-state index in [0.717, 1.165) is 5.56 Å². The van der Waals surface area contributed by atoms with Crippen LogP contribution in [0.4, 0.5) is 0 Å². The van der Waals surface area contributed by atoms with Crippen molar-refractivity contribution in [2.45, 2.75) is 72.4 Å². The molecule has 3 amide bonds. The highest BCUT2D eigenvalue weighted by molar-refractivity contribution is 5.91. The van der Waals surface area contributed by atoms with Crippen molar-refractivity contribution < 1.29 is 19.6 Å². The maximum Gasteiger partial charge on any atom is 0.268 e. The van der Waals surface area contributed by atoms with E-state index in [1.807, 2.05) is 64.1 Å². The van der Waals surface area contributed by atoms with Gasteiger partial charge in [0.1, 0.15) is 6.04 Å². The van der Waals surface area contributed by atoms with Gasteiger partial charge in [0.15, 0.2) is 0 Å². The fourth-order valence-corrected chi connectivity index (χ4v) is 3.24. The number of hydrazine groups is 1. The molecule has 0 saturated carbocycles. The van der Waals surface area contributed by atoms with Crippen molar-refractivity contribution in [3.05, 3.63) is 42.0 Å². The van der Waals surface area contributed by atoms with E-state index in [-0.39, 0.29) is 37.1 Å². The Morgan fingerprint density at radius 1 is 1.09 bits per heavy atom. The van der Waals surface area contributed by atoms with Crippen LogP contribution in [0.2, 0.25) is 0 Å². The molecule has 1 rings (SSSR count). The van der Waals surface area contributed by atoms with Crippen molar-refractivity contribution in [1.29, 1.82) is 0 Å². The van der Waals surface area contributed by atoms with Crippen LogP contribution in [0.25, 0.3) is 6.08 Å². The number of carbonyl (C=O) groups excluding carboxylic acids is 3. The third-order valence-corrected chi connectivity index (χ3v) is 4.95. The summed E-state index contributed by atoms with van der Waals surface area (Å²) in [4.78, 5) is 39.4. The van der Waals surface area contributed by atoms with Gasteiger partial charge in [0.05, 0.1) is 5.54 Å². The van der Waals surface area contributed by atoms with Gasteiger partial charge in [-0.3, -0.25) is 19.6 Å². The van der Waals surface area contributed by atoms with E-state index in [2.05, 4.69) is 0 Å². The molecule has 4 N–H and O–H groups in total. The second kappa shape index (κ2) is 13.1. The molecule has 0 aliphatic carbocycles. The molecule has 1 atom stereocenters. The summed E-state index contributed by atoms with van der Waals surface area (Å²) >= 11 is 0. The van der Waals surface area contributed by atoms with Crippen molar-refractivity contribution in [1.82, 2.24) is 15.5 Å². The molecule has 33 heavy (non-hydrogen) atoms. The number of carbonyl (C=O) groups is 3. The number of nitrogens with zero attached hydrogens (tertiary/aromatic N) is 2. The average Bonchev–Trinajstić information content (AvgIpc) is 2.74. The SMILES string of the molecule is CC(C)CCC(=O)N([C@@H](CC=Cc1ccccc1)C(=O)NO)N(CC(C)C)C(=O)C(C)(C)N. The molecule has 0 bridgehead atoms. The number of nitrogens with two attached hydrogens (primary N) is 1. The normalized spacial score (nSPS) is 12.8. The van der Waals surface area contributed by atoms with Crippen LogP contribution in [-0.2, 0) is 14.4 Å².